The topological polar surface area (TPSA) is 63.3 Å². The van der Waals surface area contributed by atoms with Crippen LogP contribution in [0.1, 0.15) is 21.6 Å². The van der Waals surface area contributed by atoms with E-state index in [1.165, 1.54) is 0 Å². The van der Waals surface area contributed by atoms with Gasteiger partial charge in [0, 0.05) is 17.0 Å². The van der Waals surface area contributed by atoms with Crippen molar-refractivity contribution in [3.05, 3.63) is 53.2 Å². The van der Waals surface area contributed by atoms with Crippen LogP contribution in [0.25, 0.3) is 10.9 Å². The number of ether oxygens (including phenoxy) is 2. The fourth-order valence-corrected chi connectivity index (χ4v) is 2.81. The smallest absolute Gasteiger partial charge is 0.272 e. The Hall–Kier alpha value is -2.95. The summed E-state index contributed by atoms with van der Waals surface area (Å²) in [6, 6.07) is 11.3. The van der Waals surface area contributed by atoms with E-state index in [2.05, 4.69) is 16.4 Å². The number of methoxy groups -OCH3 is 2. The second kappa shape index (κ2) is 6.28. The number of hydrogen-bond donors (Lipinski definition) is 2. The van der Waals surface area contributed by atoms with Gasteiger partial charge in [-0.25, -0.2) is 0 Å². The van der Waals surface area contributed by atoms with Crippen LogP contribution < -0.4 is 14.8 Å². The van der Waals surface area contributed by atoms with Crippen molar-refractivity contribution in [1.29, 1.82) is 0 Å². The maximum absolute atomic E-state index is 12.6. The van der Waals surface area contributed by atoms with Crippen molar-refractivity contribution in [2.45, 2.75) is 13.8 Å². The van der Waals surface area contributed by atoms with Crippen LogP contribution in [0.2, 0.25) is 0 Å². The number of fused-ring (bicyclic) bond motifs is 1. The van der Waals surface area contributed by atoms with Gasteiger partial charge in [0.25, 0.3) is 5.91 Å². The van der Waals surface area contributed by atoms with Crippen LogP contribution in [0.3, 0.4) is 0 Å². The predicted molar refractivity (Wildman–Crippen MR) is 95.3 cm³/mol. The third-order valence-electron chi connectivity index (χ3n) is 3.99. The number of benzene rings is 2. The second-order valence-corrected chi connectivity index (χ2v) is 5.75. The minimum absolute atomic E-state index is 0.216. The summed E-state index contributed by atoms with van der Waals surface area (Å²) in [5, 5.41) is 3.92. The van der Waals surface area contributed by atoms with Crippen molar-refractivity contribution in [3.63, 3.8) is 0 Å². The second-order valence-electron chi connectivity index (χ2n) is 5.75. The van der Waals surface area contributed by atoms with Gasteiger partial charge in [-0.15, -0.1) is 0 Å². The van der Waals surface area contributed by atoms with Gasteiger partial charge in [-0.1, -0.05) is 6.07 Å². The molecule has 0 atom stereocenters. The molecule has 3 aromatic rings. The first kappa shape index (κ1) is 15.9. The van der Waals surface area contributed by atoms with Crippen LogP contribution in [-0.4, -0.2) is 25.1 Å². The van der Waals surface area contributed by atoms with Crippen molar-refractivity contribution in [2.24, 2.45) is 0 Å². The third kappa shape index (κ3) is 2.93. The van der Waals surface area contributed by atoms with E-state index in [-0.39, 0.29) is 5.91 Å². The standard InChI is InChI=1S/C19H20N2O3/c1-11-7-12(2)14-10-17(20-16(14)8-11)19(22)21-15-6-5-13(23-3)9-18(15)24-4/h5-10,20H,1-4H3,(H,21,22). The zero-order valence-electron chi connectivity index (χ0n) is 14.2. The molecule has 0 aliphatic carbocycles. The molecule has 0 bridgehead atoms. The first-order valence-corrected chi connectivity index (χ1v) is 7.65. The number of H-pyrrole nitrogens is 1. The lowest BCUT2D eigenvalue weighted by atomic mass is 10.1. The normalized spacial score (nSPS) is 10.7. The Labute approximate surface area is 140 Å². The Bertz CT molecular complexity index is 912. The zero-order chi connectivity index (χ0) is 17.3. The van der Waals surface area contributed by atoms with Crippen molar-refractivity contribution in [2.75, 3.05) is 19.5 Å². The summed E-state index contributed by atoms with van der Waals surface area (Å²) in [6.07, 6.45) is 0. The maximum atomic E-state index is 12.6. The maximum Gasteiger partial charge on any atom is 0.272 e. The first-order chi connectivity index (χ1) is 11.5. The highest BCUT2D eigenvalue weighted by Crippen LogP contribution is 2.30. The van der Waals surface area contributed by atoms with Crippen LogP contribution >= 0.6 is 0 Å². The number of aromatic nitrogens is 1. The molecule has 0 saturated carbocycles. The molecule has 3 rings (SSSR count). The van der Waals surface area contributed by atoms with Crippen molar-refractivity contribution in [3.8, 4) is 11.5 Å². The highest BCUT2D eigenvalue weighted by molar-refractivity contribution is 6.07. The Morgan fingerprint density at radius 2 is 1.83 bits per heavy atom. The third-order valence-corrected chi connectivity index (χ3v) is 3.99. The number of anilines is 1. The summed E-state index contributed by atoms with van der Waals surface area (Å²) in [5.74, 6) is 0.999. The van der Waals surface area contributed by atoms with E-state index >= 15 is 0 Å². The molecule has 0 spiro atoms. The lowest BCUT2D eigenvalue weighted by Crippen LogP contribution is -2.13. The molecule has 0 radical (unpaired) electrons. The SMILES string of the molecule is COc1ccc(NC(=O)c2cc3c(C)cc(C)cc3[nH]2)c(OC)c1. The minimum Gasteiger partial charge on any atom is -0.497 e. The molecular weight excluding hydrogens is 304 g/mol. The monoisotopic (exact) mass is 324 g/mol. The number of aryl methyl sites for hydroxylation is 2. The van der Waals surface area contributed by atoms with Crippen molar-refractivity contribution in [1.82, 2.24) is 4.98 Å². The number of carbonyl (C=O) groups is 1. The largest absolute Gasteiger partial charge is 0.497 e. The van der Waals surface area contributed by atoms with Crippen LogP contribution in [0.5, 0.6) is 11.5 Å². The van der Waals surface area contributed by atoms with E-state index < -0.39 is 0 Å². The van der Waals surface area contributed by atoms with Gasteiger partial charge in [0.05, 0.1) is 19.9 Å². The molecular formula is C19H20N2O3. The molecule has 2 N–H and O–H groups in total. The summed E-state index contributed by atoms with van der Waals surface area (Å²) >= 11 is 0. The summed E-state index contributed by atoms with van der Waals surface area (Å²) in [4.78, 5) is 15.8. The predicted octanol–water partition coefficient (Wildman–Crippen LogP) is 4.05. The van der Waals surface area contributed by atoms with Crippen LogP contribution in [0, 0.1) is 13.8 Å². The van der Waals surface area contributed by atoms with Gasteiger partial charge in [0.1, 0.15) is 17.2 Å². The van der Waals surface area contributed by atoms with Crippen molar-refractivity contribution < 1.29 is 14.3 Å². The zero-order valence-corrected chi connectivity index (χ0v) is 14.2. The van der Waals surface area contributed by atoms with Gasteiger partial charge in [-0.05, 0) is 49.2 Å². The number of amides is 1. The molecule has 0 unspecified atom stereocenters. The van der Waals surface area contributed by atoms with E-state index in [1.807, 2.05) is 26.0 Å². The molecule has 5 nitrogen and oxygen atoms in total. The molecule has 5 heteroatoms. The Morgan fingerprint density at radius 3 is 2.54 bits per heavy atom. The average molecular weight is 324 g/mol. The van der Waals surface area contributed by atoms with E-state index in [1.54, 1.807) is 32.4 Å². The summed E-state index contributed by atoms with van der Waals surface area (Å²) in [6.45, 7) is 4.08. The van der Waals surface area contributed by atoms with Gasteiger partial charge in [0.2, 0.25) is 0 Å². The van der Waals surface area contributed by atoms with Gasteiger partial charge < -0.3 is 19.8 Å². The fourth-order valence-electron chi connectivity index (χ4n) is 2.81. The van der Waals surface area contributed by atoms with Crippen molar-refractivity contribution >= 4 is 22.5 Å². The summed E-state index contributed by atoms with van der Waals surface area (Å²) in [7, 11) is 3.14. The quantitative estimate of drug-likeness (QED) is 0.761. The van der Waals surface area contributed by atoms with Gasteiger partial charge in [0.15, 0.2) is 0 Å². The highest BCUT2D eigenvalue weighted by atomic mass is 16.5. The van der Waals surface area contributed by atoms with E-state index in [9.17, 15) is 4.79 Å². The number of hydrogen-bond acceptors (Lipinski definition) is 3. The van der Waals surface area contributed by atoms with E-state index in [0.717, 1.165) is 22.0 Å². The fraction of sp³-hybridized carbons (Fsp3) is 0.211. The molecule has 0 fully saturated rings. The number of aromatic amines is 1. The highest BCUT2D eigenvalue weighted by Gasteiger charge is 2.14. The lowest BCUT2D eigenvalue weighted by molar-refractivity contribution is 0.102. The molecule has 0 saturated heterocycles. The Morgan fingerprint density at radius 1 is 1.04 bits per heavy atom. The molecule has 0 aliphatic rings. The molecule has 1 aromatic heterocycles. The lowest BCUT2D eigenvalue weighted by Gasteiger charge is -2.11. The van der Waals surface area contributed by atoms with Crippen LogP contribution in [0.4, 0.5) is 5.69 Å². The van der Waals surface area contributed by atoms with E-state index in [4.69, 9.17) is 9.47 Å². The molecule has 2 aromatic carbocycles. The summed E-state index contributed by atoms with van der Waals surface area (Å²) in [5.41, 5.74) is 4.36. The molecule has 0 aliphatic heterocycles. The van der Waals surface area contributed by atoms with Gasteiger partial charge in [-0.2, -0.15) is 0 Å². The number of rotatable bonds is 4. The molecule has 1 amide bonds. The summed E-state index contributed by atoms with van der Waals surface area (Å²) < 4.78 is 10.5. The Kier molecular flexibility index (Phi) is 4.16. The number of carbonyl (C=O) groups excluding carboxylic acids is 1. The molecule has 124 valence electrons. The Balaban J connectivity index is 1.91. The van der Waals surface area contributed by atoms with Gasteiger partial charge in [-0.3, -0.25) is 4.79 Å². The average Bonchev–Trinajstić information content (AvgIpc) is 2.99. The molecule has 1 heterocycles. The first-order valence-electron chi connectivity index (χ1n) is 7.65. The molecule has 24 heavy (non-hydrogen) atoms. The van der Waals surface area contributed by atoms with Crippen LogP contribution in [0.15, 0.2) is 36.4 Å². The minimum atomic E-state index is -0.216. The van der Waals surface area contributed by atoms with Crippen LogP contribution in [-0.2, 0) is 0 Å². The van der Waals surface area contributed by atoms with E-state index in [0.29, 0.717) is 22.9 Å². The van der Waals surface area contributed by atoms with Gasteiger partial charge >= 0.3 is 0 Å². The number of nitrogens with one attached hydrogen (secondary N) is 2.